The van der Waals surface area contributed by atoms with Crippen molar-refractivity contribution in [3.63, 3.8) is 0 Å². The lowest BCUT2D eigenvalue weighted by atomic mass is 9.66. The van der Waals surface area contributed by atoms with Crippen molar-refractivity contribution in [3.8, 4) is 22.6 Å². The molecule has 2 aliphatic rings. The van der Waals surface area contributed by atoms with E-state index in [1.165, 1.54) is 22.3 Å². The molecule has 1 aliphatic carbocycles. The molecule has 0 bridgehead atoms. The van der Waals surface area contributed by atoms with Crippen LogP contribution in [0.5, 0.6) is 11.5 Å². The van der Waals surface area contributed by atoms with Crippen LogP contribution in [0.15, 0.2) is 115 Å². The Kier molecular flexibility index (Phi) is 4.15. The Balaban J connectivity index is 1.55. The number of fused-ring (bicyclic) bond motifs is 9. The Morgan fingerprint density at radius 3 is 1.88 bits per heavy atom. The fourth-order valence-corrected chi connectivity index (χ4v) is 5.83. The van der Waals surface area contributed by atoms with E-state index in [9.17, 15) is 0 Å². The zero-order valence-corrected chi connectivity index (χ0v) is 19.0. The summed E-state index contributed by atoms with van der Waals surface area (Å²) in [5, 5.41) is 4.23. The lowest BCUT2D eigenvalue weighted by Crippen LogP contribution is -2.32. The molecule has 3 heteroatoms. The van der Waals surface area contributed by atoms with Gasteiger partial charge in [0, 0.05) is 16.8 Å². The van der Waals surface area contributed by atoms with E-state index >= 15 is 0 Å². The second-order valence-electron chi connectivity index (χ2n) is 8.76. The molecule has 1 spiro atoms. The van der Waals surface area contributed by atoms with Gasteiger partial charge < -0.3 is 10.1 Å². The van der Waals surface area contributed by atoms with E-state index in [4.69, 9.17) is 16.3 Å². The van der Waals surface area contributed by atoms with Crippen LogP contribution in [0.1, 0.15) is 22.3 Å². The third-order valence-electron chi connectivity index (χ3n) is 7.00. The molecule has 0 fully saturated rings. The van der Waals surface area contributed by atoms with E-state index in [2.05, 4.69) is 84.2 Å². The van der Waals surface area contributed by atoms with Gasteiger partial charge in [-0.15, -0.1) is 0 Å². The molecule has 5 aromatic rings. The quantitative estimate of drug-likeness (QED) is 0.281. The molecule has 2 nitrogen and oxygen atoms in total. The molecule has 7 rings (SSSR count). The second kappa shape index (κ2) is 7.24. The van der Waals surface area contributed by atoms with Crippen molar-refractivity contribution in [2.45, 2.75) is 5.41 Å². The smallest absolute Gasteiger partial charge is 0.132 e. The molecule has 0 unspecified atom stereocenters. The number of para-hydroxylation sites is 3. The number of ether oxygens (including phenoxy) is 1. The average molecular weight is 458 g/mol. The fraction of sp³-hybridized carbons (Fsp3) is 0.0323. The SMILES string of the molecule is Clc1ccccc1Nc1ccc2c(c1)C1(c3ccccc3Oc3ccccc31)c1ccccc1-2. The zero-order valence-electron chi connectivity index (χ0n) is 18.3. The summed E-state index contributed by atoms with van der Waals surface area (Å²) in [6, 6.07) is 40.0. The maximum Gasteiger partial charge on any atom is 0.132 e. The summed E-state index contributed by atoms with van der Waals surface area (Å²) < 4.78 is 6.40. The molecule has 0 saturated carbocycles. The minimum Gasteiger partial charge on any atom is -0.457 e. The van der Waals surface area contributed by atoms with E-state index < -0.39 is 5.41 Å². The molecule has 162 valence electrons. The van der Waals surface area contributed by atoms with Crippen LogP contribution in [-0.4, -0.2) is 0 Å². The second-order valence-corrected chi connectivity index (χ2v) is 9.16. The normalized spacial score (nSPS) is 13.9. The van der Waals surface area contributed by atoms with Crippen LogP contribution in [-0.2, 0) is 5.41 Å². The van der Waals surface area contributed by atoms with Crippen molar-refractivity contribution in [1.29, 1.82) is 0 Å². The van der Waals surface area contributed by atoms with Crippen molar-refractivity contribution in [3.05, 3.63) is 143 Å². The van der Waals surface area contributed by atoms with E-state index in [1.54, 1.807) is 0 Å². The Morgan fingerprint density at radius 2 is 1.15 bits per heavy atom. The lowest BCUT2D eigenvalue weighted by molar-refractivity contribution is 0.436. The minimum absolute atomic E-state index is 0.463. The lowest BCUT2D eigenvalue weighted by Gasteiger charge is -2.39. The van der Waals surface area contributed by atoms with Crippen LogP contribution < -0.4 is 10.1 Å². The average Bonchev–Trinajstić information content (AvgIpc) is 3.16. The Labute approximate surface area is 203 Å². The van der Waals surface area contributed by atoms with Gasteiger partial charge in [0.2, 0.25) is 0 Å². The van der Waals surface area contributed by atoms with Crippen LogP contribution in [0.25, 0.3) is 11.1 Å². The molecule has 0 saturated heterocycles. The highest BCUT2D eigenvalue weighted by Crippen LogP contribution is 2.62. The summed E-state index contributed by atoms with van der Waals surface area (Å²) in [6.45, 7) is 0. The fourth-order valence-electron chi connectivity index (χ4n) is 5.65. The maximum absolute atomic E-state index is 6.46. The standard InChI is InChI=1S/C31H20ClNO/c32-27-13-5-6-14-28(27)33-20-17-18-22-21-9-1-2-10-23(21)31(26(22)19-20)24-11-3-7-15-29(24)34-30-16-8-4-12-25(30)31/h1-19,33H. The van der Waals surface area contributed by atoms with Gasteiger partial charge in [0.15, 0.2) is 0 Å². The van der Waals surface area contributed by atoms with Gasteiger partial charge in [0.25, 0.3) is 0 Å². The molecule has 1 aliphatic heterocycles. The van der Waals surface area contributed by atoms with Gasteiger partial charge in [-0.2, -0.15) is 0 Å². The number of rotatable bonds is 2. The van der Waals surface area contributed by atoms with E-state index in [0.717, 1.165) is 34.0 Å². The number of halogens is 1. The highest BCUT2D eigenvalue weighted by atomic mass is 35.5. The summed E-state index contributed by atoms with van der Waals surface area (Å²) in [5.74, 6) is 1.79. The molecule has 1 N–H and O–H groups in total. The largest absolute Gasteiger partial charge is 0.457 e. The number of hydrogen-bond acceptors (Lipinski definition) is 2. The van der Waals surface area contributed by atoms with Crippen molar-refractivity contribution >= 4 is 23.0 Å². The molecule has 5 aromatic carbocycles. The topological polar surface area (TPSA) is 21.3 Å². The zero-order chi connectivity index (χ0) is 22.7. The number of hydrogen-bond donors (Lipinski definition) is 1. The van der Waals surface area contributed by atoms with Crippen LogP contribution in [0, 0.1) is 0 Å². The molecule has 1 heterocycles. The first-order valence-corrected chi connectivity index (χ1v) is 11.8. The van der Waals surface area contributed by atoms with Crippen LogP contribution >= 0.6 is 11.6 Å². The Hall–Kier alpha value is -4.01. The molecule has 0 radical (unpaired) electrons. The van der Waals surface area contributed by atoms with Crippen LogP contribution in [0.2, 0.25) is 5.02 Å². The van der Waals surface area contributed by atoms with E-state index in [1.807, 2.05) is 36.4 Å². The van der Waals surface area contributed by atoms with Gasteiger partial charge in [-0.1, -0.05) is 90.5 Å². The summed E-state index contributed by atoms with van der Waals surface area (Å²) in [6.07, 6.45) is 0. The highest BCUT2D eigenvalue weighted by molar-refractivity contribution is 6.33. The molecule has 34 heavy (non-hydrogen) atoms. The van der Waals surface area contributed by atoms with Crippen molar-refractivity contribution in [2.75, 3.05) is 5.32 Å². The summed E-state index contributed by atoms with van der Waals surface area (Å²) >= 11 is 6.46. The Bertz CT molecular complexity index is 1540. The van der Waals surface area contributed by atoms with Gasteiger partial charge in [-0.25, -0.2) is 0 Å². The van der Waals surface area contributed by atoms with E-state index in [-0.39, 0.29) is 0 Å². The van der Waals surface area contributed by atoms with Gasteiger partial charge >= 0.3 is 0 Å². The predicted molar refractivity (Wildman–Crippen MR) is 139 cm³/mol. The highest BCUT2D eigenvalue weighted by Gasteiger charge is 2.50. The number of nitrogens with one attached hydrogen (secondary N) is 1. The Morgan fingerprint density at radius 1 is 0.559 bits per heavy atom. The monoisotopic (exact) mass is 457 g/mol. The third kappa shape index (κ3) is 2.57. The first-order chi connectivity index (χ1) is 16.8. The summed E-state index contributed by atoms with van der Waals surface area (Å²) in [4.78, 5) is 0. The first kappa shape index (κ1) is 19.5. The van der Waals surface area contributed by atoms with Gasteiger partial charge in [-0.05, 0) is 58.7 Å². The van der Waals surface area contributed by atoms with E-state index in [0.29, 0.717) is 5.02 Å². The van der Waals surface area contributed by atoms with Crippen molar-refractivity contribution in [2.24, 2.45) is 0 Å². The van der Waals surface area contributed by atoms with Crippen LogP contribution in [0.4, 0.5) is 11.4 Å². The van der Waals surface area contributed by atoms with Crippen molar-refractivity contribution in [1.82, 2.24) is 0 Å². The number of benzene rings is 5. The molecule has 0 atom stereocenters. The number of anilines is 2. The van der Waals surface area contributed by atoms with Gasteiger partial charge in [0.1, 0.15) is 11.5 Å². The molecular weight excluding hydrogens is 438 g/mol. The third-order valence-corrected chi connectivity index (χ3v) is 7.33. The summed E-state index contributed by atoms with van der Waals surface area (Å²) in [5.41, 5.74) is 8.78. The van der Waals surface area contributed by atoms with Gasteiger partial charge in [0.05, 0.1) is 16.1 Å². The summed E-state index contributed by atoms with van der Waals surface area (Å²) in [7, 11) is 0. The first-order valence-electron chi connectivity index (χ1n) is 11.4. The molecule has 0 amide bonds. The molecular formula is C31H20ClNO. The van der Waals surface area contributed by atoms with Gasteiger partial charge in [-0.3, -0.25) is 0 Å². The van der Waals surface area contributed by atoms with Crippen LogP contribution in [0.3, 0.4) is 0 Å². The van der Waals surface area contributed by atoms with Crippen molar-refractivity contribution < 1.29 is 4.74 Å². The maximum atomic E-state index is 6.46. The predicted octanol–water partition coefficient (Wildman–Crippen LogP) is 8.55. The minimum atomic E-state index is -0.463. The molecule has 0 aromatic heterocycles.